The normalized spacial score (nSPS) is 10.9. The van der Waals surface area contributed by atoms with Crippen LogP contribution in [-0.4, -0.2) is 22.1 Å². The maximum Gasteiger partial charge on any atom is 0.256 e. The molecule has 1 heterocycles. The zero-order valence-corrected chi connectivity index (χ0v) is 16.1. The Hall–Kier alpha value is -1.40. The number of thioether (sulfide) groups is 1. The number of carbonyl (C=O) groups excluding carboxylic acids is 1. The topological polar surface area (TPSA) is 54.9 Å². The van der Waals surface area contributed by atoms with Crippen LogP contribution in [0.15, 0.2) is 33.8 Å². The van der Waals surface area contributed by atoms with Crippen LogP contribution in [0.1, 0.15) is 47.2 Å². The number of benzene rings is 1. The summed E-state index contributed by atoms with van der Waals surface area (Å²) in [7, 11) is 0. The van der Waals surface area contributed by atoms with Gasteiger partial charge in [0.2, 0.25) is 0 Å². The molecule has 2 rings (SSSR count). The quantitative estimate of drug-likeness (QED) is 0.606. The minimum absolute atomic E-state index is 0.137. The van der Waals surface area contributed by atoms with Crippen LogP contribution in [0.4, 0.5) is 0 Å². The second-order valence-electron chi connectivity index (χ2n) is 5.52. The molecule has 0 unspecified atom stereocenters. The summed E-state index contributed by atoms with van der Waals surface area (Å²) in [6.45, 7) is 6.43. The maximum atomic E-state index is 12.6. The number of amides is 1. The third-order valence-electron chi connectivity index (χ3n) is 3.35. The lowest BCUT2D eigenvalue weighted by Gasteiger charge is -2.13. The molecule has 0 aliphatic rings. The molecule has 0 aliphatic carbocycles. The molecular weight excluding hydrogens is 374 g/mol. The maximum absolute atomic E-state index is 12.6. The highest BCUT2D eigenvalue weighted by Gasteiger charge is 2.19. The Labute approximate surface area is 149 Å². The molecule has 0 bridgehead atoms. The van der Waals surface area contributed by atoms with Crippen LogP contribution in [0.25, 0.3) is 0 Å². The lowest BCUT2D eigenvalue weighted by atomic mass is 10.1. The molecule has 0 spiro atoms. The summed E-state index contributed by atoms with van der Waals surface area (Å²) in [5.74, 6) is 0.871. The molecule has 1 aromatic carbocycles. The van der Waals surface area contributed by atoms with Gasteiger partial charge in [-0.1, -0.05) is 41.9 Å². The van der Waals surface area contributed by atoms with Crippen molar-refractivity contribution in [2.75, 3.05) is 6.26 Å². The molecule has 0 atom stereocenters. The molecule has 6 heteroatoms. The number of nitrogens with zero attached hydrogens (tertiary/aromatic N) is 2. The second kappa shape index (κ2) is 7.93. The Kier molecular flexibility index (Phi) is 6.18. The fraction of sp³-hybridized carbons (Fsp3) is 0.353. The van der Waals surface area contributed by atoms with Crippen molar-refractivity contribution in [3.8, 4) is 0 Å². The first kappa shape index (κ1) is 17.9. The van der Waals surface area contributed by atoms with Gasteiger partial charge in [0.25, 0.3) is 5.91 Å². The van der Waals surface area contributed by atoms with Gasteiger partial charge in [-0.3, -0.25) is 4.79 Å². The first-order valence-electron chi connectivity index (χ1n) is 7.37. The molecule has 0 aliphatic heterocycles. The second-order valence-corrected chi connectivity index (χ2v) is 7.23. The Balaban J connectivity index is 2.21. The molecule has 0 saturated heterocycles. The van der Waals surface area contributed by atoms with E-state index >= 15 is 0 Å². The van der Waals surface area contributed by atoms with E-state index in [1.807, 2.05) is 51.3 Å². The molecule has 2 aromatic rings. The monoisotopic (exact) mass is 393 g/mol. The van der Waals surface area contributed by atoms with Crippen LogP contribution in [0.3, 0.4) is 0 Å². The van der Waals surface area contributed by atoms with Gasteiger partial charge in [-0.15, -0.1) is 11.8 Å². The number of hydrogen-bond donors (Lipinski definition) is 1. The SMILES string of the molecule is CSc1nc(C(C)C)nc(C)c1C(=O)NCc1cccc(Br)c1. The van der Waals surface area contributed by atoms with Gasteiger partial charge in [-0.25, -0.2) is 9.97 Å². The Bertz CT molecular complexity index is 719. The molecule has 122 valence electrons. The minimum Gasteiger partial charge on any atom is -0.348 e. The molecule has 1 amide bonds. The van der Waals surface area contributed by atoms with Crippen molar-refractivity contribution in [3.05, 3.63) is 51.4 Å². The predicted molar refractivity (Wildman–Crippen MR) is 98.0 cm³/mol. The lowest BCUT2D eigenvalue weighted by Crippen LogP contribution is -2.25. The highest BCUT2D eigenvalue weighted by Crippen LogP contribution is 2.23. The van der Waals surface area contributed by atoms with E-state index in [0.29, 0.717) is 12.1 Å². The molecule has 4 nitrogen and oxygen atoms in total. The third kappa shape index (κ3) is 4.54. The molecular formula is C17H20BrN3OS. The van der Waals surface area contributed by atoms with Crippen molar-refractivity contribution < 1.29 is 4.79 Å². The summed E-state index contributed by atoms with van der Waals surface area (Å²) in [4.78, 5) is 21.6. The standard InChI is InChI=1S/C17H20BrN3OS/c1-10(2)15-20-11(3)14(17(21-15)23-4)16(22)19-9-12-6-5-7-13(18)8-12/h5-8,10H,9H2,1-4H3,(H,19,22). The number of rotatable bonds is 5. The number of aryl methyl sites for hydroxylation is 1. The summed E-state index contributed by atoms with van der Waals surface area (Å²) in [5.41, 5.74) is 2.33. The van der Waals surface area contributed by atoms with E-state index in [4.69, 9.17) is 0 Å². The number of nitrogens with one attached hydrogen (secondary N) is 1. The third-order valence-corrected chi connectivity index (χ3v) is 4.53. The minimum atomic E-state index is -0.137. The van der Waals surface area contributed by atoms with Crippen LogP contribution < -0.4 is 5.32 Å². The van der Waals surface area contributed by atoms with Crippen molar-refractivity contribution in [1.82, 2.24) is 15.3 Å². The number of hydrogen-bond acceptors (Lipinski definition) is 4. The van der Waals surface area contributed by atoms with E-state index in [1.165, 1.54) is 11.8 Å². The molecule has 1 N–H and O–H groups in total. The van der Waals surface area contributed by atoms with Gasteiger partial charge in [-0.2, -0.15) is 0 Å². The summed E-state index contributed by atoms with van der Waals surface area (Å²) >= 11 is 4.91. The number of aromatic nitrogens is 2. The number of halogens is 1. The smallest absolute Gasteiger partial charge is 0.256 e. The van der Waals surface area contributed by atoms with Crippen LogP contribution >= 0.6 is 27.7 Å². The van der Waals surface area contributed by atoms with Gasteiger partial charge in [-0.05, 0) is 30.9 Å². The van der Waals surface area contributed by atoms with Crippen LogP contribution in [0.2, 0.25) is 0 Å². The average Bonchev–Trinajstić information content (AvgIpc) is 2.51. The van der Waals surface area contributed by atoms with Gasteiger partial charge in [0.05, 0.1) is 11.3 Å². The molecule has 0 saturated carbocycles. The van der Waals surface area contributed by atoms with Gasteiger partial charge in [0.15, 0.2) is 0 Å². The Morgan fingerprint density at radius 1 is 1.35 bits per heavy atom. The highest BCUT2D eigenvalue weighted by molar-refractivity contribution is 9.10. The van der Waals surface area contributed by atoms with Gasteiger partial charge < -0.3 is 5.32 Å². The van der Waals surface area contributed by atoms with Gasteiger partial charge >= 0.3 is 0 Å². The molecule has 0 fully saturated rings. The van der Waals surface area contributed by atoms with Gasteiger partial charge in [0.1, 0.15) is 10.9 Å². The van der Waals surface area contributed by atoms with Crippen molar-refractivity contribution in [2.45, 2.75) is 38.3 Å². The predicted octanol–water partition coefficient (Wildman–Crippen LogP) is 4.32. The van der Waals surface area contributed by atoms with E-state index in [9.17, 15) is 4.79 Å². The van der Waals surface area contributed by atoms with Crippen molar-refractivity contribution in [3.63, 3.8) is 0 Å². The largest absolute Gasteiger partial charge is 0.348 e. The number of carbonyl (C=O) groups is 1. The fourth-order valence-corrected chi connectivity index (χ4v) is 3.23. The van der Waals surface area contributed by atoms with E-state index in [0.717, 1.165) is 26.6 Å². The van der Waals surface area contributed by atoms with Crippen LogP contribution in [-0.2, 0) is 6.54 Å². The molecule has 0 radical (unpaired) electrons. The summed E-state index contributed by atoms with van der Waals surface area (Å²) < 4.78 is 0.995. The van der Waals surface area contributed by atoms with E-state index < -0.39 is 0 Å². The van der Waals surface area contributed by atoms with Gasteiger partial charge in [0, 0.05) is 16.9 Å². The van der Waals surface area contributed by atoms with Crippen molar-refractivity contribution in [1.29, 1.82) is 0 Å². The van der Waals surface area contributed by atoms with Crippen LogP contribution in [0.5, 0.6) is 0 Å². The summed E-state index contributed by atoms with van der Waals surface area (Å²) in [5, 5.41) is 3.68. The van der Waals surface area contributed by atoms with E-state index in [1.54, 1.807) is 0 Å². The fourth-order valence-electron chi connectivity index (χ4n) is 2.15. The first-order valence-corrected chi connectivity index (χ1v) is 9.39. The van der Waals surface area contributed by atoms with E-state index in [-0.39, 0.29) is 11.8 Å². The summed E-state index contributed by atoms with van der Waals surface area (Å²) in [6.07, 6.45) is 1.93. The highest BCUT2D eigenvalue weighted by atomic mass is 79.9. The Morgan fingerprint density at radius 3 is 2.70 bits per heavy atom. The average molecular weight is 394 g/mol. The molecule has 23 heavy (non-hydrogen) atoms. The first-order chi connectivity index (χ1) is 10.9. The zero-order valence-electron chi connectivity index (χ0n) is 13.7. The zero-order chi connectivity index (χ0) is 17.0. The van der Waals surface area contributed by atoms with E-state index in [2.05, 4.69) is 31.2 Å². The summed E-state index contributed by atoms with van der Waals surface area (Å²) in [6, 6.07) is 7.87. The van der Waals surface area contributed by atoms with Crippen molar-refractivity contribution in [2.24, 2.45) is 0 Å². The lowest BCUT2D eigenvalue weighted by molar-refractivity contribution is 0.0946. The molecule has 1 aromatic heterocycles. The Morgan fingerprint density at radius 2 is 2.09 bits per heavy atom. The van der Waals surface area contributed by atoms with Crippen LogP contribution in [0, 0.1) is 6.92 Å². The van der Waals surface area contributed by atoms with Crippen molar-refractivity contribution >= 4 is 33.6 Å².